The van der Waals surface area contributed by atoms with Gasteiger partial charge in [0, 0.05) is 49.1 Å². The summed E-state index contributed by atoms with van der Waals surface area (Å²) >= 11 is 0. The van der Waals surface area contributed by atoms with E-state index in [9.17, 15) is 23.5 Å². The zero-order chi connectivity index (χ0) is 25.2. The van der Waals surface area contributed by atoms with Crippen LogP contribution in [0.15, 0.2) is 48.9 Å². The van der Waals surface area contributed by atoms with Gasteiger partial charge in [-0.3, -0.25) is 19.6 Å². The molecule has 0 bridgehead atoms. The molecule has 0 unspecified atom stereocenters. The van der Waals surface area contributed by atoms with E-state index < -0.39 is 35.6 Å². The fourth-order valence-corrected chi connectivity index (χ4v) is 5.55. The number of halogens is 2. The minimum absolute atomic E-state index is 0.107. The Morgan fingerprint density at radius 2 is 1.83 bits per heavy atom. The molecule has 0 radical (unpaired) electrons. The van der Waals surface area contributed by atoms with Gasteiger partial charge in [0.15, 0.2) is 0 Å². The molecular weight excluding hydrogens is 466 g/mol. The summed E-state index contributed by atoms with van der Waals surface area (Å²) < 4.78 is 28.1. The highest BCUT2D eigenvalue weighted by Gasteiger charge is 2.37. The molecule has 3 heterocycles. The number of likely N-dealkylation sites (tertiary alicyclic amines) is 1. The highest BCUT2D eigenvalue weighted by Crippen LogP contribution is 2.32. The van der Waals surface area contributed by atoms with E-state index in [1.165, 1.54) is 18.3 Å². The molecule has 1 saturated heterocycles. The monoisotopic (exact) mass is 494 g/mol. The first-order valence-corrected chi connectivity index (χ1v) is 12.3. The van der Waals surface area contributed by atoms with Crippen molar-refractivity contribution < 1.29 is 23.5 Å². The van der Waals surface area contributed by atoms with Crippen molar-refractivity contribution in [3.63, 3.8) is 0 Å². The zero-order valence-corrected chi connectivity index (χ0v) is 19.7. The van der Waals surface area contributed by atoms with Gasteiger partial charge in [0.25, 0.3) is 5.91 Å². The van der Waals surface area contributed by atoms with E-state index in [-0.39, 0.29) is 18.4 Å². The van der Waals surface area contributed by atoms with Crippen LogP contribution in [0.3, 0.4) is 0 Å². The predicted octanol–water partition coefficient (Wildman–Crippen LogP) is 3.57. The van der Waals surface area contributed by atoms with Crippen LogP contribution >= 0.6 is 0 Å². The second-order valence-electron chi connectivity index (χ2n) is 9.72. The number of amides is 2. The van der Waals surface area contributed by atoms with E-state index >= 15 is 0 Å². The first-order valence-electron chi connectivity index (χ1n) is 12.3. The number of hydrogen-bond donors (Lipinski definition) is 2. The number of aliphatic hydroxyl groups excluding tert-OH is 1. The molecule has 1 aliphatic heterocycles. The molecule has 1 saturated carbocycles. The van der Waals surface area contributed by atoms with Gasteiger partial charge in [-0.25, -0.2) is 8.78 Å². The van der Waals surface area contributed by atoms with Crippen LogP contribution in [0.5, 0.6) is 0 Å². The fourth-order valence-electron chi connectivity index (χ4n) is 5.55. The van der Waals surface area contributed by atoms with Crippen molar-refractivity contribution in [2.24, 2.45) is 5.92 Å². The Morgan fingerprint density at radius 3 is 2.58 bits per heavy atom. The van der Waals surface area contributed by atoms with Gasteiger partial charge in [-0.15, -0.1) is 0 Å². The summed E-state index contributed by atoms with van der Waals surface area (Å²) in [7, 11) is 0. The molecule has 2 aliphatic rings. The maximum atomic E-state index is 14.0. The third-order valence-corrected chi connectivity index (χ3v) is 7.40. The molecule has 3 aromatic rings. The average Bonchev–Trinajstić information content (AvgIpc) is 3.42. The van der Waals surface area contributed by atoms with Gasteiger partial charge in [-0.2, -0.15) is 0 Å². The van der Waals surface area contributed by atoms with Crippen molar-refractivity contribution >= 4 is 22.7 Å². The number of fused-ring (bicyclic) bond motifs is 1. The van der Waals surface area contributed by atoms with Crippen LogP contribution in [0.1, 0.15) is 53.9 Å². The number of rotatable bonds is 5. The van der Waals surface area contributed by atoms with E-state index in [4.69, 9.17) is 0 Å². The van der Waals surface area contributed by atoms with Crippen molar-refractivity contribution in [2.45, 2.75) is 50.2 Å². The Morgan fingerprint density at radius 1 is 1.08 bits per heavy atom. The molecule has 2 fully saturated rings. The summed E-state index contributed by atoms with van der Waals surface area (Å²) in [5.74, 6) is -2.74. The van der Waals surface area contributed by atoms with E-state index in [2.05, 4.69) is 15.3 Å². The third-order valence-electron chi connectivity index (χ3n) is 7.40. The number of hydrogen-bond acceptors (Lipinski definition) is 5. The number of aromatic nitrogens is 2. The quantitative estimate of drug-likeness (QED) is 0.566. The number of pyridine rings is 2. The minimum Gasteiger partial charge on any atom is -0.383 e. The first kappa shape index (κ1) is 24.2. The summed E-state index contributed by atoms with van der Waals surface area (Å²) in [6, 6.07) is 6.28. The number of nitrogens with zero attached hydrogens (tertiary/aromatic N) is 3. The molecule has 5 rings (SSSR count). The number of carbonyl (C=O) groups is 2. The van der Waals surface area contributed by atoms with Crippen molar-refractivity contribution in [1.29, 1.82) is 0 Å². The van der Waals surface area contributed by atoms with Crippen LogP contribution in [0.4, 0.5) is 8.78 Å². The topological polar surface area (TPSA) is 95.4 Å². The normalized spacial score (nSPS) is 21.5. The van der Waals surface area contributed by atoms with Gasteiger partial charge in [0.1, 0.15) is 17.7 Å². The van der Waals surface area contributed by atoms with Gasteiger partial charge < -0.3 is 15.3 Å². The Labute approximate surface area is 207 Å². The summed E-state index contributed by atoms with van der Waals surface area (Å²) in [5, 5.41) is 14.3. The molecular formula is C27H28F2N4O3. The van der Waals surface area contributed by atoms with E-state index in [1.54, 1.807) is 23.4 Å². The SMILES string of the molecule is O=C(N[C@@H]1CN(C(=O)c2cncc3cccnc23)CC[C@H]1c1cc(F)cc(F)c1)[C@H](O)C1CCCC1. The second kappa shape index (κ2) is 10.3. The molecule has 9 heteroatoms. The van der Waals surface area contributed by atoms with Gasteiger partial charge in [-0.05, 0) is 55.0 Å². The summed E-state index contributed by atoms with van der Waals surface area (Å²) in [5.41, 5.74) is 1.29. The maximum Gasteiger partial charge on any atom is 0.257 e. The van der Waals surface area contributed by atoms with Crippen molar-refractivity contribution in [3.05, 3.63) is 71.7 Å². The highest BCUT2D eigenvalue weighted by molar-refractivity contribution is 6.05. The van der Waals surface area contributed by atoms with Crippen LogP contribution in [0.2, 0.25) is 0 Å². The largest absolute Gasteiger partial charge is 0.383 e. The summed E-state index contributed by atoms with van der Waals surface area (Å²) in [6.07, 6.45) is 7.45. The van der Waals surface area contributed by atoms with Crippen molar-refractivity contribution in [3.8, 4) is 0 Å². The third kappa shape index (κ3) is 4.93. The molecule has 1 aliphatic carbocycles. The molecule has 36 heavy (non-hydrogen) atoms. The Hall–Kier alpha value is -3.46. The van der Waals surface area contributed by atoms with Gasteiger partial charge in [-0.1, -0.05) is 12.8 Å². The lowest BCUT2D eigenvalue weighted by molar-refractivity contribution is -0.133. The standard InChI is InChI=1S/C27H28F2N4O3/c28-19-10-18(11-20(29)12-19)21-7-9-33(15-23(21)32-26(35)25(34)16-4-1-2-5-16)27(36)22-14-30-13-17-6-3-8-31-24(17)22/h3,6,8,10-14,16,21,23,25,34H,1-2,4-5,7,9,15H2,(H,32,35)/t21-,23+,25+/m0/s1. The van der Waals surface area contributed by atoms with Crippen LogP contribution in [0, 0.1) is 17.6 Å². The number of carbonyl (C=O) groups excluding carboxylic acids is 2. The first-order chi connectivity index (χ1) is 17.4. The highest BCUT2D eigenvalue weighted by atomic mass is 19.1. The van der Waals surface area contributed by atoms with Crippen LogP contribution < -0.4 is 5.32 Å². The van der Waals surface area contributed by atoms with Crippen LogP contribution in [-0.4, -0.2) is 57.0 Å². The molecule has 2 aromatic heterocycles. The molecule has 0 spiro atoms. The average molecular weight is 495 g/mol. The maximum absolute atomic E-state index is 14.0. The molecule has 188 valence electrons. The lowest BCUT2D eigenvalue weighted by Crippen LogP contribution is -2.55. The van der Waals surface area contributed by atoms with E-state index in [0.717, 1.165) is 37.1 Å². The lowest BCUT2D eigenvalue weighted by Gasteiger charge is -2.39. The van der Waals surface area contributed by atoms with Gasteiger partial charge >= 0.3 is 0 Å². The molecule has 1 aromatic carbocycles. The van der Waals surface area contributed by atoms with Crippen LogP contribution in [-0.2, 0) is 4.79 Å². The molecule has 2 N–H and O–H groups in total. The minimum atomic E-state index is -1.16. The molecule has 7 nitrogen and oxygen atoms in total. The smallest absolute Gasteiger partial charge is 0.257 e. The molecule has 2 amide bonds. The van der Waals surface area contributed by atoms with E-state index in [1.807, 2.05) is 6.07 Å². The Balaban J connectivity index is 1.42. The van der Waals surface area contributed by atoms with Gasteiger partial charge in [0.2, 0.25) is 5.91 Å². The predicted molar refractivity (Wildman–Crippen MR) is 129 cm³/mol. The zero-order valence-electron chi connectivity index (χ0n) is 19.7. The fraction of sp³-hybridized carbons (Fsp3) is 0.407. The van der Waals surface area contributed by atoms with Crippen molar-refractivity contribution in [2.75, 3.05) is 13.1 Å². The van der Waals surface area contributed by atoms with Crippen molar-refractivity contribution in [1.82, 2.24) is 20.2 Å². The number of nitrogens with one attached hydrogen (secondary N) is 1. The Kier molecular flexibility index (Phi) is 6.91. The number of aliphatic hydroxyl groups is 1. The van der Waals surface area contributed by atoms with Gasteiger partial charge in [0.05, 0.1) is 17.1 Å². The number of piperidine rings is 1. The van der Waals surface area contributed by atoms with Crippen LogP contribution in [0.25, 0.3) is 10.9 Å². The second-order valence-corrected chi connectivity index (χ2v) is 9.72. The summed E-state index contributed by atoms with van der Waals surface area (Å²) in [4.78, 5) is 36.6. The Bertz CT molecular complexity index is 1260. The molecule has 3 atom stereocenters. The van der Waals surface area contributed by atoms with E-state index in [0.29, 0.717) is 29.6 Å². The number of benzene rings is 1. The lowest BCUT2D eigenvalue weighted by atomic mass is 9.84. The summed E-state index contributed by atoms with van der Waals surface area (Å²) in [6.45, 7) is 0.441.